The molecule has 0 aromatic heterocycles. The second-order valence-electron chi connectivity index (χ2n) is 4.52. The fourth-order valence-corrected chi connectivity index (χ4v) is 2.08. The summed E-state index contributed by atoms with van der Waals surface area (Å²) in [6.45, 7) is 2.24. The van der Waals surface area contributed by atoms with Crippen molar-refractivity contribution in [3.05, 3.63) is 17.7 Å². The highest BCUT2D eigenvalue weighted by Gasteiger charge is 2.28. The number of fused-ring (bicyclic) bond motifs is 1. The van der Waals surface area contributed by atoms with Crippen molar-refractivity contribution in [2.75, 3.05) is 0 Å². The second kappa shape index (κ2) is 5.24. The van der Waals surface area contributed by atoms with Crippen LogP contribution < -0.4 is 4.74 Å². The van der Waals surface area contributed by atoms with Crippen LogP contribution in [-0.2, 0) is 6.42 Å². The zero-order valence-corrected chi connectivity index (χ0v) is 9.96. The molecule has 2 nitrogen and oxygen atoms in total. The van der Waals surface area contributed by atoms with Crippen LogP contribution in [0, 0.1) is 0 Å². The van der Waals surface area contributed by atoms with Gasteiger partial charge in [0.2, 0.25) is 5.75 Å². The van der Waals surface area contributed by atoms with Crippen LogP contribution in [0.15, 0.2) is 12.1 Å². The zero-order valence-electron chi connectivity index (χ0n) is 9.96. The molecule has 2 rings (SSSR count). The Balaban J connectivity index is 1.67. The van der Waals surface area contributed by atoms with Crippen LogP contribution in [0.5, 0.6) is 17.2 Å². The minimum absolute atomic E-state index is 0.279. The summed E-state index contributed by atoms with van der Waals surface area (Å²) in [4.78, 5) is 0. The first kappa shape index (κ1) is 11.3. The van der Waals surface area contributed by atoms with E-state index in [0.29, 0.717) is 5.75 Å². The van der Waals surface area contributed by atoms with Crippen LogP contribution in [0.3, 0.4) is 0 Å². The Morgan fingerprint density at radius 3 is 2.56 bits per heavy atom. The van der Waals surface area contributed by atoms with Gasteiger partial charge in [-0.25, -0.2) is 0 Å². The van der Waals surface area contributed by atoms with E-state index in [-0.39, 0.29) is 5.75 Å². The molecule has 1 aliphatic rings. The topological polar surface area (TPSA) is 32.8 Å². The predicted molar refractivity (Wildman–Crippen MR) is 65.3 cm³/mol. The number of rotatable bonds is 7. The van der Waals surface area contributed by atoms with E-state index in [4.69, 9.17) is 4.74 Å². The number of ether oxygens (including phenoxy) is 1. The maximum Gasteiger partial charge on any atom is 0.211 e. The van der Waals surface area contributed by atoms with Crippen LogP contribution in [0.25, 0.3) is 0 Å². The number of phenolic OH excluding ortho intramolecular Hbond substituents is 1. The summed E-state index contributed by atoms with van der Waals surface area (Å²) < 4.78 is 5.25. The standard InChI is InChI=1S/C14H20O2/c1-2-3-4-5-6-7-8-11-9-10-12(15)14-13(11)16-14/h9-10,15H,2-8H2,1H3. The minimum atomic E-state index is 0.279. The quantitative estimate of drug-likeness (QED) is 0.554. The molecular weight excluding hydrogens is 200 g/mol. The lowest BCUT2D eigenvalue weighted by atomic mass is 10.0. The number of aryl methyl sites for hydroxylation is 1. The van der Waals surface area contributed by atoms with Crippen LogP contribution >= 0.6 is 0 Å². The lowest BCUT2D eigenvalue weighted by molar-refractivity contribution is 0.463. The van der Waals surface area contributed by atoms with Gasteiger partial charge in [-0.1, -0.05) is 45.1 Å². The van der Waals surface area contributed by atoms with Crippen molar-refractivity contribution in [1.29, 1.82) is 0 Å². The van der Waals surface area contributed by atoms with Crippen molar-refractivity contribution >= 4 is 0 Å². The molecule has 0 amide bonds. The number of hydrogen-bond donors (Lipinski definition) is 1. The molecule has 0 spiro atoms. The Kier molecular flexibility index (Phi) is 3.70. The third-order valence-electron chi connectivity index (χ3n) is 3.14. The molecule has 0 unspecified atom stereocenters. The van der Waals surface area contributed by atoms with Crippen molar-refractivity contribution in [2.45, 2.75) is 51.9 Å². The molecule has 0 radical (unpaired) electrons. The average Bonchev–Trinajstić information content (AvgIpc) is 3.07. The zero-order chi connectivity index (χ0) is 11.4. The summed E-state index contributed by atoms with van der Waals surface area (Å²) in [6.07, 6.45) is 8.97. The van der Waals surface area contributed by atoms with Gasteiger partial charge in [-0.2, -0.15) is 0 Å². The average molecular weight is 220 g/mol. The summed E-state index contributed by atoms with van der Waals surface area (Å²) >= 11 is 0. The monoisotopic (exact) mass is 220 g/mol. The van der Waals surface area contributed by atoms with Gasteiger partial charge in [-0.15, -0.1) is 0 Å². The van der Waals surface area contributed by atoms with E-state index in [0.717, 1.165) is 12.2 Å². The van der Waals surface area contributed by atoms with Gasteiger partial charge in [0.15, 0.2) is 11.5 Å². The van der Waals surface area contributed by atoms with Crippen molar-refractivity contribution in [2.24, 2.45) is 0 Å². The summed E-state index contributed by atoms with van der Waals surface area (Å²) in [7, 11) is 0. The van der Waals surface area contributed by atoms with Crippen molar-refractivity contribution in [3.8, 4) is 17.2 Å². The van der Waals surface area contributed by atoms with Crippen molar-refractivity contribution < 1.29 is 9.84 Å². The molecular formula is C14H20O2. The van der Waals surface area contributed by atoms with Crippen LogP contribution in [-0.4, -0.2) is 5.11 Å². The molecule has 1 aromatic carbocycles. The van der Waals surface area contributed by atoms with Gasteiger partial charge in [-0.05, 0) is 24.5 Å². The summed E-state index contributed by atoms with van der Waals surface area (Å²) in [5.41, 5.74) is 1.25. The van der Waals surface area contributed by atoms with Crippen LogP contribution in [0.1, 0.15) is 51.0 Å². The van der Waals surface area contributed by atoms with Gasteiger partial charge in [0.25, 0.3) is 0 Å². The van der Waals surface area contributed by atoms with Crippen molar-refractivity contribution in [1.82, 2.24) is 0 Å². The Morgan fingerprint density at radius 2 is 1.75 bits per heavy atom. The first-order valence-corrected chi connectivity index (χ1v) is 6.35. The lowest BCUT2D eigenvalue weighted by Gasteiger charge is -2.00. The third-order valence-corrected chi connectivity index (χ3v) is 3.14. The van der Waals surface area contributed by atoms with E-state index >= 15 is 0 Å². The van der Waals surface area contributed by atoms with E-state index in [1.165, 1.54) is 44.1 Å². The molecule has 0 atom stereocenters. The molecule has 88 valence electrons. The molecule has 16 heavy (non-hydrogen) atoms. The smallest absolute Gasteiger partial charge is 0.211 e. The van der Waals surface area contributed by atoms with Crippen LogP contribution in [0.2, 0.25) is 0 Å². The molecule has 1 aliphatic heterocycles. The summed E-state index contributed by atoms with van der Waals surface area (Å²) in [6, 6.07) is 3.71. The van der Waals surface area contributed by atoms with Gasteiger partial charge in [-0.3, -0.25) is 0 Å². The van der Waals surface area contributed by atoms with Crippen LogP contribution in [0.4, 0.5) is 0 Å². The highest BCUT2D eigenvalue weighted by Crippen LogP contribution is 2.54. The molecule has 0 saturated heterocycles. The number of benzene rings is 1. The van der Waals surface area contributed by atoms with E-state index in [9.17, 15) is 5.11 Å². The molecule has 0 saturated carbocycles. The fraction of sp³-hybridized carbons (Fsp3) is 0.571. The first-order valence-electron chi connectivity index (χ1n) is 6.35. The van der Waals surface area contributed by atoms with Gasteiger partial charge in [0, 0.05) is 0 Å². The largest absolute Gasteiger partial charge is 0.504 e. The van der Waals surface area contributed by atoms with E-state index in [1.807, 2.05) is 6.07 Å². The maximum absolute atomic E-state index is 9.34. The molecule has 1 aromatic rings. The van der Waals surface area contributed by atoms with E-state index in [1.54, 1.807) is 6.07 Å². The third kappa shape index (κ3) is 2.69. The Hall–Kier alpha value is -1.18. The van der Waals surface area contributed by atoms with E-state index < -0.39 is 0 Å². The minimum Gasteiger partial charge on any atom is -0.504 e. The van der Waals surface area contributed by atoms with E-state index in [2.05, 4.69) is 6.92 Å². The molecule has 2 heteroatoms. The Morgan fingerprint density at radius 1 is 1.00 bits per heavy atom. The van der Waals surface area contributed by atoms with Gasteiger partial charge in [0.1, 0.15) is 0 Å². The molecule has 0 aliphatic carbocycles. The number of aromatic hydroxyl groups is 1. The predicted octanol–water partition coefficient (Wildman–Crippen LogP) is 4.40. The van der Waals surface area contributed by atoms with Gasteiger partial charge < -0.3 is 9.84 Å². The normalized spacial score (nSPS) is 12.1. The second-order valence-corrected chi connectivity index (χ2v) is 4.52. The lowest BCUT2D eigenvalue weighted by Crippen LogP contribution is -1.84. The first-order chi connectivity index (χ1) is 7.83. The number of unbranched alkanes of at least 4 members (excludes halogenated alkanes) is 5. The Bertz CT molecular complexity index is 358. The van der Waals surface area contributed by atoms with Gasteiger partial charge in [0.05, 0.1) is 0 Å². The summed E-state index contributed by atoms with van der Waals surface area (Å²) in [5.74, 6) is 1.90. The number of phenols is 1. The van der Waals surface area contributed by atoms with Crippen molar-refractivity contribution in [3.63, 3.8) is 0 Å². The molecule has 1 heterocycles. The molecule has 1 N–H and O–H groups in total. The maximum atomic E-state index is 9.34. The molecule has 0 fully saturated rings. The number of hydrogen-bond acceptors (Lipinski definition) is 2. The SMILES string of the molecule is CCCCCCCCc1ccc(O)c2c1O2. The highest BCUT2D eigenvalue weighted by molar-refractivity contribution is 5.66. The Labute approximate surface area is 97.3 Å². The fourth-order valence-electron chi connectivity index (χ4n) is 2.08. The van der Waals surface area contributed by atoms with Gasteiger partial charge >= 0.3 is 0 Å². The summed E-state index contributed by atoms with van der Waals surface area (Å²) in [5, 5.41) is 9.34. The highest BCUT2D eigenvalue weighted by atomic mass is 16.6. The molecule has 0 bridgehead atoms.